The largest absolute Gasteiger partial charge is 0.460 e. The van der Waals surface area contributed by atoms with E-state index in [1.54, 1.807) is 0 Å². The predicted molar refractivity (Wildman–Crippen MR) is 88.9 cm³/mol. The fourth-order valence-corrected chi connectivity index (χ4v) is 4.00. The molecule has 8 heteroatoms. The van der Waals surface area contributed by atoms with Crippen molar-refractivity contribution in [2.45, 2.75) is 57.5 Å². The van der Waals surface area contributed by atoms with Crippen molar-refractivity contribution in [2.75, 3.05) is 19.7 Å². The molecule has 1 unspecified atom stereocenters. The van der Waals surface area contributed by atoms with Gasteiger partial charge in [-0.15, -0.1) is 0 Å². The Hall–Kier alpha value is -1.93. The van der Waals surface area contributed by atoms with Crippen LogP contribution in [0.4, 0.5) is 0 Å². The van der Waals surface area contributed by atoms with E-state index in [0.29, 0.717) is 13.0 Å². The number of aliphatic hydroxyl groups is 1. The van der Waals surface area contributed by atoms with Crippen LogP contribution < -0.4 is 0 Å². The fraction of sp³-hybridized carbons (Fsp3) is 0.722. The van der Waals surface area contributed by atoms with Gasteiger partial charge in [0.15, 0.2) is 11.2 Å². The summed E-state index contributed by atoms with van der Waals surface area (Å²) in [4.78, 5) is 39.2. The van der Waals surface area contributed by atoms with Crippen LogP contribution in [-0.4, -0.2) is 71.0 Å². The van der Waals surface area contributed by atoms with E-state index in [9.17, 15) is 19.5 Å². The lowest BCUT2D eigenvalue weighted by Crippen LogP contribution is -2.63. The monoisotopic (exact) mass is 367 g/mol. The van der Waals surface area contributed by atoms with Gasteiger partial charge in [-0.1, -0.05) is 6.08 Å². The van der Waals surface area contributed by atoms with E-state index in [-0.39, 0.29) is 18.8 Å². The molecule has 2 fully saturated rings. The molecule has 8 nitrogen and oxygen atoms in total. The molecule has 0 spiro atoms. The van der Waals surface area contributed by atoms with E-state index in [1.165, 1.54) is 20.8 Å². The Morgan fingerprint density at radius 2 is 2.08 bits per heavy atom. The number of hydrogen-bond acceptors (Lipinski definition) is 8. The van der Waals surface area contributed by atoms with Crippen LogP contribution in [0.3, 0.4) is 0 Å². The summed E-state index contributed by atoms with van der Waals surface area (Å²) < 4.78 is 16.3. The first-order valence-corrected chi connectivity index (χ1v) is 8.80. The van der Waals surface area contributed by atoms with Gasteiger partial charge in [-0.05, 0) is 32.8 Å². The normalized spacial score (nSPS) is 40.8. The molecule has 0 radical (unpaired) electrons. The highest BCUT2D eigenvalue weighted by molar-refractivity contribution is 5.84. The zero-order valence-corrected chi connectivity index (χ0v) is 15.5. The lowest BCUT2D eigenvalue weighted by molar-refractivity contribution is -0.218. The molecule has 3 aliphatic heterocycles. The molecule has 0 aromatic carbocycles. The summed E-state index contributed by atoms with van der Waals surface area (Å²) >= 11 is 0. The second-order valence-electron chi connectivity index (χ2n) is 7.55. The standard InChI is InChI=1S/C18H25NO7/c1-10-15(21)25-13-6-8-19-7-5-12(14(13)19)9-24-16(22)17(3,23)18(10,4)26-11(2)20/h5,10,13-14,23H,6-9H2,1-4H3/t10-,13+,14+,17-,18?/m0/s1. The van der Waals surface area contributed by atoms with Gasteiger partial charge in [0, 0.05) is 20.0 Å². The SMILES string of the molecule is CC(=O)OC1(C)[C@@H](C)C(=O)O[C@@H]2CCN3CC=C(COC(=O)[C@]1(C)O)[C@H]23. The highest BCUT2D eigenvalue weighted by Gasteiger charge is 2.59. The van der Waals surface area contributed by atoms with Gasteiger partial charge in [-0.3, -0.25) is 14.5 Å². The second kappa shape index (κ2) is 6.35. The minimum Gasteiger partial charge on any atom is -0.460 e. The molecule has 0 bridgehead atoms. The Morgan fingerprint density at radius 1 is 1.38 bits per heavy atom. The van der Waals surface area contributed by atoms with Crippen molar-refractivity contribution in [3.05, 3.63) is 11.6 Å². The Bertz CT molecular complexity index is 670. The lowest BCUT2D eigenvalue weighted by Gasteiger charge is -2.42. The highest BCUT2D eigenvalue weighted by atomic mass is 16.6. The Morgan fingerprint density at radius 3 is 2.73 bits per heavy atom. The summed E-state index contributed by atoms with van der Waals surface area (Å²) in [7, 11) is 0. The molecule has 0 aromatic heterocycles. The van der Waals surface area contributed by atoms with E-state index in [0.717, 1.165) is 19.0 Å². The molecule has 0 saturated carbocycles. The van der Waals surface area contributed by atoms with Gasteiger partial charge in [0.2, 0.25) is 0 Å². The van der Waals surface area contributed by atoms with Gasteiger partial charge in [0.25, 0.3) is 0 Å². The molecule has 0 aliphatic carbocycles. The summed E-state index contributed by atoms with van der Waals surface area (Å²) in [5.74, 6) is -3.37. The zero-order chi connectivity index (χ0) is 19.3. The second-order valence-corrected chi connectivity index (χ2v) is 7.55. The molecule has 3 aliphatic rings. The number of carbonyl (C=O) groups excluding carboxylic acids is 3. The lowest BCUT2D eigenvalue weighted by atomic mass is 9.76. The van der Waals surface area contributed by atoms with Crippen molar-refractivity contribution in [1.29, 1.82) is 0 Å². The van der Waals surface area contributed by atoms with Gasteiger partial charge >= 0.3 is 17.9 Å². The summed E-state index contributed by atoms with van der Waals surface area (Å²) in [5, 5.41) is 10.9. The number of esters is 3. The molecular weight excluding hydrogens is 342 g/mol. The van der Waals surface area contributed by atoms with Gasteiger partial charge in [-0.25, -0.2) is 4.79 Å². The Balaban J connectivity index is 2.01. The minimum absolute atomic E-state index is 0.00523. The average molecular weight is 367 g/mol. The van der Waals surface area contributed by atoms with E-state index < -0.39 is 35.0 Å². The summed E-state index contributed by atoms with van der Waals surface area (Å²) in [5.41, 5.74) is -3.21. The smallest absolute Gasteiger partial charge is 0.342 e. The van der Waals surface area contributed by atoms with Crippen molar-refractivity contribution >= 4 is 17.9 Å². The van der Waals surface area contributed by atoms with Crippen LogP contribution in [-0.2, 0) is 28.6 Å². The number of nitrogens with zero attached hydrogens (tertiary/aromatic N) is 1. The van der Waals surface area contributed by atoms with Crippen LogP contribution >= 0.6 is 0 Å². The molecule has 144 valence electrons. The van der Waals surface area contributed by atoms with Crippen LogP contribution in [0.2, 0.25) is 0 Å². The number of ether oxygens (including phenoxy) is 3. The molecular formula is C18H25NO7. The van der Waals surface area contributed by atoms with Crippen LogP contribution in [0.1, 0.15) is 34.1 Å². The topological polar surface area (TPSA) is 102 Å². The third-order valence-electron chi connectivity index (χ3n) is 5.95. The molecule has 3 heterocycles. The number of hydrogen-bond donors (Lipinski definition) is 1. The van der Waals surface area contributed by atoms with Crippen LogP contribution in [0, 0.1) is 5.92 Å². The molecule has 3 rings (SSSR count). The Labute approximate surface area is 152 Å². The van der Waals surface area contributed by atoms with Crippen molar-refractivity contribution in [3.8, 4) is 0 Å². The summed E-state index contributed by atoms with van der Waals surface area (Å²) in [6.45, 7) is 6.65. The van der Waals surface area contributed by atoms with Gasteiger partial charge in [0.05, 0.1) is 12.0 Å². The Kier molecular flexibility index (Phi) is 4.60. The van der Waals surface area contributed by atoms with Gasteiger partial charge in [0.1, 0.15) is 12.7 Å². The third-order valence-corrected chi connectivity index (χ3v) is 5.95. The molecule has 1 N–H and O–H groups in total. The van der Waals surface area contributed by atoms with E-state index in [2.05, 4.69) is 4.90 Å². The maximum Gasteiger partial charge on any atom is 0.342 e. The quantitative estimate of drug-likeness (QED) is 0.398. The van der Waals surface area contributed by atoms with E-state index in [1.807, 2.05) is 6.08 Å². The van der Waals surface area contributed by atoms with E-state index >= 15 is 0 Å². The van der Waals surface area contributed by atoms with Crippen LogP contribution in [0.5, 0.6) is 0 Å². The molecule has 26 heavy (non-hydrogen) atoms. The maximum absolute atomic E-state index is 12.8. The number of carbonyl (C=O) groups is 3. The predicted octanol–water partition coefficient (Wildman–Crippen LogP) is 0.178. The van der Waals surface area contributed by atoms with Gasteiger partial charge in [-0.2, -0.15) is 0 Å². The average Bonchev–Trinajstić information content (AvgIpc) is 3.13. The first-order chi connectivity index (χ1) is 12.1. The minimum atomic E-state index is -2.23. The molecule has 2 saturated heterocycles. The van der Waals surface area contributed by atoms with Crippen molar-refractivity contribution in [3.63, 3.8) is 0 Å². The fourth-order valence-electron chi connectivity index (χ4n) is 4.00. The molecule has 0 amide bonds. The maximum atomic E-state index is 12.8. The molecule has 5 atom stereocenters. The first kappa shape index (κ1) is 18.8. The number of rotatable bonds is 1. The van der Waals surface area contributed by atoms with Crippen LogP contribution in [0.15, 0.2) is 11.6 Å². The highest BCUT2D eigenvalue weighted by Crippen LogP contribution is 2.39. The first-order valence-electron chi connectivity index (χ1n) is 8.80. The van der Waals surface area contributed by atoms with E-state index in [4.69, 9.17) is 14.2 Å². The van der Waals surface area contributed by atoms with Gasteiger partial charge < -0.3 is 19.3 Å². The summed E-state index contributed by atoms with van der Waals surface area (Å²) in [6.07, 6.45) is 2.27. The number of cyclic esters (lactones) is 1. The van der Waals surface area contributed by atoms with Crippen molar-refractivity contribution in [2.24, 2.45) is 5.92 Å². The van der Waals surface area contributed by atoms with Crippen LogP contribution in [0.25, 0.3) is 0 Å². The summed E-state index contributed by atoms with van der Waals surface area (Å²) in [6, 6.07) is -0.123. The zero-order valence-electron chi connectivity index (χ0n) is 15.5. The third kappa shape index (κ3) is 2.81. The molecule has 0 aromatic rings. The van der Waals surface area contributed by atoms with Crippen molar-refractivity contribution < 1.29 is 33.7 Å². The van der Waals surface area contributed by atoms with Crippen molar-refractivity contribution in [1.82, 2.24) is 4.90 Å².